The van der Waals surface area contributed by atoms with E-state index < -0.39 is 8.32 Å². The normalized spacial score (nSPS) is 24.7. The van der Waals surface area contributed by atoms with E-state index in [-0.39, 0.29) is 5.04 Å². The van der Waals surface area contributed by atoms with Crippen LogP contribution in [0.3, 0.4) is 0 Å². The topological polar surface area (TPSA) is 57.4 Å². The highest BCUT2D eigenvalue weighted by molar-refractivity contribution is 6.74. The zero-order valence-corrected chi connectivity index (χ0v) is 15.6. The summed E-state index contributed by atoms with van der Waals surface area (Å²) in [6.45, 7) is 13.0. The van der Waals surface area contributed by atoms with Gasteiger partial charge in [-0.1, -0.05) is 20.8 Å². The summed E-state index contributed by atoms with van der Waals surface area (Å²) in [4.78, 5) is 4.47. The van der Waals surface area contributed by atoms with Gasteiger partial charge in [-0.3, -0.25) is 4.99 Å². The van der Waals surface area contributed by atoms with Gasteiger partial charge in [0.25, 0.3) is 0 Å². The first-order chi connectivity index (χ1) is 10.2. The first-order valence-corrected chi connectivity index (χ1v) is 11.2. The third-order valence-corrected chi connectivity index (χ3v) is 9.65. The first-order valence-electron chi connectivity index (χ1n) is 8.32. The molecule has 2 aliphatic heterocycles. The van der Waals surface area contributed by atoms with Crippen LogP contribution < -0.4 is 5.32 Å². The molecule has 0 spiro atoms. The third-order valence-electron chi connectivity index (χ3n) is 5.15. The van der Waals surface area contributed by atoms with Gasteiger partial charge in [-0.2, -0.15) is 5.26 Å². The van der Waals surface area contributed by atoms with Gasteiger partial charge in [0, 0.05) is 18.3 Å². The van der Waals surface area contributed by atoms with Crippen molar-refractivity contribution in [1.82, 2.24) is 5.32 Å². The van der Waals surface area contributed by atoms with Crippen molar-refractivity contribution in [2.24, 2.45) is 4.99 Å². The van der Waals surface area contributed by atoms with Gasteiger partial charge >= 0.3 is 0 Å². The van der Waals surface area contributed by atoms with Gasteiger partial charge in [0.1, 0.15) is 6.07 Å². The summed E-state index contributed by atoms with van der Waals surface area (Å²) >= 11 is 0. The number of nitriles is 1. The van der Waals surface area contributed by atoms with Crippen LogP contribution in [0.25, 0.3) is 0 Å². The van der Waals surface area contributed by atoms with E-state index in [0.717, 1.165) is 55.8 Å². The standard InChI is InChI=1S/C17H29N3OSi/c1-17(2,3)22(4,5)21-12-13-8-9-16(20-13)14(11-18)15-7-6-10-19-15/h13,20H,6-10,12H2,1-5H3/b16-14-/t13-/m0/s1. The summed E-state index contributed by atoms with van der Waals surface area (Å²) in [5.41, 5.74) is 2.86. The Morgan fingerprint density at radius 2 is 2.14 bits per heavy atom. The minimum atomic E-state index is -1.70. The SMILES string of the molecule is CC(C)(C)[Si](C)(C)OC[C@@H]1CC/C(=C(\C#N)C2=NCCC2)N1. The van der Waals surface area contributed by atoms with E-state index in [1.807, 2.05) is 0 Å². The van der Waals surface area contributed by atoms with Gasteiger partial charge in [0.05, 0.1) is 17.9 Å². The quantitative estimate of drug-likeness (QED) is 0.634. The fraction of sp³-hybridized carbons (Fsp3) is 0.765. The molecule has 0 radical (unpaired) electrons. The second-order valence-electron chi connectivity index (χ2n) is 7.85. The molecule has 0 amide bonds. The molecule has 5 heteroatoms. The molecule has 2 heterocycles. The zero-order valence-electron chi connectivity index (χ0n) is 14.6. The van der Waals surface area contributed by atoms with E-state index in [2.05, 4.69) is 50.2 Å². The van der Waals surface area contributed by atoms with Crippen molar-refractivity contribution in [2.75, 3.05) is 13.2 Å². The van der Waals surface area contributed by atoms with Crippen molar-refractivity contribution in [2.45, 2.75) is 70.6 Å². The van der Waals surface area contributed by atoms with Crippen LogP contribution >= 0.6 is 0 Å². The molecule has 2 rings (SSSR count). The number of hydrogen-bond acceptors (Lipinski definition) is 4. The van der Waals surface area contributed by atoms with Gasteiger partial charge in [-0.25, -0.2) is 0 Å². The minimum absolute atomic E-state index is 0.237. The second-order valence-corrected chi connectivity index (χ2v) is 12.7. The van der Waals surface area contributed by atoms with Crippen molar-refractivity contribution in [3.05, 3.63) is 11.3 Å². The summed E-state index contributed by atoms with van der Waals surface area (Å²) < 4.78 is 6.31. The molecule has 4 nitrogen and oxygen atoms in total. The fourth-order valence-corrected chi connectivity index (χ4v) is 3.66. The molecule has 22 heavy (non-hydrogen) atoms. The molecule has 122 valence electrons. The van der Waals surface area contributed by atoms with Gasteiger partial charge in [0.2, 0.25) is 0 Å². The molecule has 0 aromatic heterocycles. The predicted molar refractivity (Wildman–Crippen MR) is 93.5 cm³/mol. The predicted octanol–water partition coefficient (Wildman–Crippen LogP) is 3.77. The van der Waals surface area contributed by atoms with Crippen LogP contribution in [0.2, 0.25) is 18.1 Å². The van der Waals surface area contributed by atoms with E-state index in [1.54, 1.807) is 0 Å². The van der Waals surface area contributed by atoms with Crippen molar-refractivity contribution in [3.8, 4) is 6.07 Å². The molecule has 1 saturated heterocycles. The Balaban J connectivity index is 1.97. The molecule has 0 aromatic rings. The Bertz CT molecular complexity index is 523. The summed E-state index contributed by atoms with van der Waals surface area (Å²) in [7, 11) is -1.70. The highest BCUT2D eigenvalue weighted by atomic mass is 28.4. The molecular formula is C17H29N3OSi. The monoisotopic (exact) mass is 319 g/mol. The van der Waals surface area contributed by atoms with Gasteiger partial charge < -0.3 is 9.74 Å². The molecule has 0 saturated carbocycles. The van der Waals surface area contributed by atoms with Crippen molar-refractivity contribution in [1.29, 1.82) is 5.26 Å². The Labute approximate surface area is 135 Å². The summed E-state index contributed by atoms with van der Waals surface area (Å²) in [6.07, 6.45) is 4.00. The lowest BCUT2D eigenvalue weighted by Crippen LogP contribution is -2.43. The Morgan fingerprint density at radius 1 is 1.41 bits per heavy atom. The molecule has 0 bridgehead atoms. The molecular weight excluding hydrogens is 290 g/mol. The van der Waals surface area contributed by atoms with Gasteiger partial charge in [-0.15, -0.1) is 0 Å². The average Bonchev–Trinajstić information content (AvgIpc) is 3.08. The lowest BCUT2D eigenvalue weighted by Gasteiger charge is -2.37. The van der Waals surface area contributed by atoms with Crippen molar-refractivity contribution in [3.63, 3.8) is 0 Å². The highest BCUT2D eigenvalue weighted by Crippen LogP contribution is 2.37. The third kappa shape index (κ3) is 3.79. The molecule has 0 unspecified atom stereocenters. The summed E-state index contributed by atoms with van der Waals surface area (Å²) in [5.74, 6) is 0. The molecule has 1 N–H and O–H groups in total. The van der Waals surface area contributed by atoms with Crippen LogP contribution in [0.4, 0.5) is 0 Å². The van der Waals surface area contributed by atoms with Crippen LogP contribution in [0.15, 0.2) is 16.3 Å². The minimum Gasteiger partial charge on any atom is -0.415 e. The number of aliphatic imine (C=N–C) groups is 1. The van der Waals surface area contributed by atoms with E-state index in [1.165, 1.54) is 0 Å². The van der Waals surface area contributed by atoms with Gasteiger partial charge in [0.15, 0.2) is 8.32 Å². The maximum Gasteiger partial charge on any atom is 0.192 e. The van der Waals surface area contributed by atoms with Gasteiger partial charge in [-0.05, 0) is 43.8 Å². The van der Waals surface area contributed by atoms with Crippen molar-refractivity contribution < 1.29 is 4.43 Å². The lowest BCUT2D eigenvalue weighted by atomic mass is 10.1. The van der Waals surface area contributed by atoms with Crippen LogP contribution in [0.5, 0.6) is 0 Å². The van der Waals surface area contributed by atoms with Crippen LogP contribution in [-0.2, 0) is 4.43 Å². The zero-order chi connectivity index (χ0) is 16.4. The Kier molecular flexibility index (Phi) is 5.13. The smallest absolute Gasteiger partial charge is 0.192 e. The second kappa shape index (κ2) is 6.55. The number of rotatable bonds is 4. The van der Waals surface area contributed by atoms with Crippen LogP contribution in [-0.4, -0.2) is 33.2 Å². The van der Waals surface area contributed by atoms with E-state index in [0.29, 0.717) is 6.04 Å². The number of allylic oxidation sites excluding steroid dienone is 2. The van der Waals surface area contributed by atoms with Crippen LogP contribution in [0, 0.1) is 11.3 Å². The number of nitrogens with zero attached hydrogens (tertiary/aromatic N) is 2. The molecule has 2 aliphatic rings. The fourth-order valence-electron chi connectivity index (χ4n) is 2.61. The molecule has 0 aromatic carbocycles. The molecule has 1 atom stereocenters. The average molecular weight is 320 g/mol. The molecule has 1 fully saturated rings. The largest absolute Gasteiger partial charge is 0.415 e. The lowest BCUT2D eigenvalue weighted by molar-refractivity contribution is 0.255. The van der Waals surface area contributed by atoms with Crippen molar-refractivity contribution >= 4 is 14.0 Å². The number of hydrogen-bond donors (Lipinski definition) is 1. The van der Waals surface area contributed by atoms with E-state index in [4.69, 9.17) is 4.43 Å². The highest BCUT2D eigenvalue weighted by Gasteiger charge is 2.38. The summed E-state index contributed by atoms with van der Waals surface area (Å²) in [5, 5.41) is 13.2. The van der Waals surface area contributed by atoms with E-state index >= 15 is 0 Å². The first kappa shape index (κ1) is 17.2. The summed E-state index contributed by atoms with van der Waals surface area (Å²) in [6, 6.07) is 2.69. The van der Waals surface area contributed by atoms with Crippen LogP contribution in [0.1, 0.15) is 46.5 Å². The van der Waals surface area contributed by atoms with E-state index in [9.17, 15) is 5.26 Å². The maximum atomic E-state index is 9.45. The maximum absolute atomic E-state index is 9.45. The molecule has 0 aliphatic carbocycles. The Hall–Kier alpha value is -1.12. The number of nitrogens with one attached hydrogen (secondary N) is 1. The Morgan fingerprint density at radius 3 is 2.68 bits per heavy atom.